The van der Waals surface area contributed by atoms with Gasteiger partial charge in [0.25, 0.3) is 0 Å². The lowest BCUT2D eigenvalue weighted by atomic mass is 9.91. The number of rotatable bonds is 4. The summed E-state index contributed by atoms with van der Waals surface area (Å²) >= 11 is 0. The van der Waals surface area contributed by atoms with Crippen molar-refractivity contribution in [2.45, 2.75) is 58.2 Å². The molecule has 1 atom stereocenters. The summed E-state index contributed by atoms with van der Waals surface area (Å²) in [7, 11) is 0. The fourth-order valence-corrected chi connectivity index (χ4v) is 1.85. The van der Waals surface area contributed by atoms with E-state index in [0.717, 1.165) is 19.5 Å². The summed E-state index contributed by atoms with van der Waals surface area (Å²) in [5.74, 6) is 0.0994. The van der Waals surface area contributed by atoms with Crippen LogP contribution in [0.2, 0.25) is 0 Å². The predicted octanol–water partition coefficient (Wildman–Crippen LogP) is 0.713. The zero-order chi connectivity index (χ0) is 12.6. The normalized spacial score (nSPS) is 22.4. The minimum absolute atomic E-state index is 0.0811. The van der Waals surface area contributed by atoms with E-state index < -0.39 is 0 Å². The molecule has 0 bridgehead atoms. The van der Waals surface area contributed by atoms with Crippen molar-refractivity contribution < 1.29 is 4.79 Å². The van der Waals surface area contributed by atoms with Gasteiger partial charge in [0.1, 0.15) is 0 Å². The molecular formula is C12H25N3O. The Hall–Kier alpha value is -0.610. The van der Waals surface area contributed by atoms with Gasteiger partial charge in [-0.1, -0.05) is 6.92 Å². The Morgan fingerprint density at radius 2 is 2.06 bits per heavy atom. The topological polar surface area (TPSA) is 58.4 Å². The molecule has 1 fully saturated rings. The van der Waals surface area contributed by atoms with Crippen LogP contribution in [-0.2, 0) is 4.79 Å². The molecule has 1 aliphatic heterocycles. The summed E-state index contributed by atoms with van der Waals surface area (Å²) in [5.41, 5.74) is 5.69. The Bertz CT molecular complexity index is 265. The van der Waals surface area contributed by atoms with Crippen molar-refractivity contribution in [3.63, 3.8) is 0 Å². The van der Waals surface area contributed by atoms with Gasteiger partial charge in [0.15, 0.2) is 0 Å². The number of hydrogen-bond donors (Lipinski definition) is 2. The maximum Gasteiger partial charge on any atom is 0.237 e. The summed E-state index contributed by atoms with van der Waals surface area (Å²) < 4.78 is 0. The van der Waals surface area contributed by atoms with Crippen molar-refractivity contribution in [1.82, 2.24) is 10.2 Å². The Morgan fingerprint density at radius 1 is 1.56 bits per heavy atom. The number of hydrogen-bond acceptors (Lipinski definition) is 3. The number of carbonyl (C=O) groups is 1. The molecule has 4 heteroatoms. The summed E-state index contributed by atoms with van der Waals surface area (Å²) in [6.45, 7) is 11.7. The fourth-order valence-electron chi connectivity index (χ4n) is 1.85. The fraction of sp³-hybridized carbons (Fsp3) is 0.917. The highest BCUT2D eigenvalue weighted by molar-refractivity contribution is 5.82. The van der Waals surface area contributed by atoms with Crippen LogP contribution in [0.3, 0.4) is 0 Å². The zero-order valence-corrected chi connectivity index (χ0v) is 11.1. The number of nitrogens with zero attached hydrogens (tertiary/aromatic N) is 1. The third kappa shape index (κ3) is 3.19. The summed E-state index contributed by atoms with van der Waals surface area (Å²) in [6, 6.07) is -0.0811. The van der Waals surface area contributed by atoms with Gasteiger partial charge in [0.05, 0.1) is 6.04 Å². The van der Waals surface area contributed by atoms with E-state index in [1.54, 1.807) is 0 Å². The van der Waals surface area contributed by atoms with E-state index in [4.69, 9.17) is 5.73 Å². The smallest absolute Gasteiger partial charge is 0.237 e. The molecule has 1 aliphatic rings. The molecule has 0 aliphatic carbocycles. The third-order valence-electron chi connectivity index (χ3n) is 3.40. The molecule has 0 aromatic carbocycles. The van der Waals surface area contributed by atoms with Gasteiger partial charge in [0, 0.05) is 24.2 Å². The van der Waals surface area contributed by atoms with Gasteiger partial charge in [0.2, 0.25) is 5.91 Å². The number of nitrogens with one attached hydrogen (secondary N) is 1. The summed E-state index contributed by atoms with van der Waals surface area (Å²) in [6.07, 6.45) is 0.931. The zero-order valence-electron chi connectivity index (χ0n) is 11.1. The third-order valence-corrected chi connectivity index (χ3v) is 3.40. The van der Waals surface area contributed by atoms with Crippen LogP contribution in [0.15, 0.2) is 0 Å². The molecule has 1 unspecified atom stereocenters. The first-order chi connectivity index (χ1) is 7.17. The van der Waals surface area contributed by atoms with Crippen LogP contribution in [0.25, 0.3) is 0 Å². The molecule has 0 aromatic heterocycles. The van der Waals surface area contributed by atoms with Gasteiger partial charge in [-0.3, -0.25) is 9.69 Å². The second-order valence-electron chi connectivity index (χ2n) is 5.96. The second kappa shape index (κ2) is 4.34. The largest absolute Gasteiger partial charge is 0.350 e. The molecule has 16 heavy (non-hydrogen) atoms. The number of likely N-dealkylation sites (tertiary alicyclic amines) is 1. The van der Waals surface area contributed by atoms with E-state index in [1.165, 1.54) is 0 Å². The molecule has 4 nitrogen and oxygen atoms in total. The van der Waals surface area contributed by atoms with Gasteiger partial charge in [-0.05, 0) is 34.1 Å². The SMILES string of the molecule is CCC(C)(C)NC(=O)C(C)N1CC(C)(N)C1. The highest BCUT2D eigenvalue weighted by Gasteiger charge is 2.40. The van der Waals surface area contributed by atoms with Gasteiger partial charge in [-0.2, -0.15) is 0 Å². The molecule has 1 rings (SSSR count). The molecule has 1 heterocycles. The molecule has 1 amide bonds. The summed E-state index contributed by atoms with van der Waals surface area (Å²) in [4.78, 5) is 14.1. The second-order valence-corrected chi connectivity index (χ2v) is 5.96. The monoisotopic (exact) mass is 227 g/mol. The van der Waals surface area contributed by atoms with Crippen molar-refractivity contribution >= 4 is 5.91 Å². The van der Waals surface area contributed by atoms with Crippen LogP contribution in [0.1, 0.15) is 41.0 Å². The molecule has 94 valence electrons. The molecule has 0 aromatic rings. The average Bonchev–Trinajstić information content (AvgIpc) is 2.12. The lowest BCUT2D eigenvalue weighted by Gasteiger charge is -2.48. The Balaban J connectivity index is 2.44. The van der Waals surface area contributed by atoms with Crippen molar-refractivity contribution in [2.75, 3.05) is 13.1 Å². The Morgan fingerprint density at radius 3 is 2.44 bits per heavy atom. The molecule has 1 saturated heterocycles. The van der Waals surface area contributed by atoms with Gasteiger partial charge >= 0.3 is 0 Å². The van der Waals surface area contributed by atoms with E-state index in [2.05, 4.69) is 17.1 Å². The van der Waals surface area contributed by atoms with E-state index in [1.807, 2.05) is 27.7 Å². The maximum atomic E-state index is 12.0. The number of amides is 1. The highest BCUT2D eigenvalue weighted by Crippen LogP contribution is 2.20. The van der Waals surface area contributed by atoms with Crippen molar-refractivity contribution in [3.05, 3.63) is 0 Å². The molecule has 0 saturated carbocycles. The maximum absolute atomic E-state index is 12.0. The van der Waals surface area contributed by atoms with E-state index in [9.17, 15) is 4.79 Å². The first-order valence-electron chi connectivity index (χ1n) is 6.02. The standard InChI is InChI=1S/C12H25N3O/c1-6-11(3,4)14-10(16)9(2)15-7-12(5,13)8-15/h9H,6-8,13H2,1-5H3,(H,14,16). The van der Waals surface area contributed by atoms with Crippen LogP contribution in [0, 0.1) is 0 Å². The van der Waals surface area contributed by atoms with Crippen LogP contribution in [0.4, 0.5) is 0 Å². The van der Waals surface area contributed by atoms with Crippen LogP contribution in [0.5, 0.6) is 0 Å². The lowest BCUT2D eigenvalue weighted by Crippen LogP contribution is -2.69. The lowest BCUT2D eigenvalue weighted by molar-refractivity contribution is -0.130. The minimum atomic E-state index is -0.123. The van der Waals surface area contributed by atoms with Crippen molar-refractivity contribution in [2.24, 2.45) is 5.73 Å². The van der Waals surface area contributed by atoms with Crippen LogP contribution >= 0.6 is 0 Å². The van der Waals surface area contributed by atoms with Gasteiger partial charge in [-0.15, -0.1) is 0 Å². The van der Waals surface area contributed by atoms with E-state index in [0.29, 0.717) is 0 Å². The van der Waals surface area contributed by atoms with Crippen LogP contribution < -0.4 is 11.1 Å². The Labute approximate surface area is 98.6 Å². The van der Waals surface area contributed by atoms with E-state index >= 15 is 0 Å². The quantitative estimate of drug-likeness (QED) is 0.744. The molecule has 3 N–H and O–H groups in total. The van der Waals surface area contributed by atoms with Gasteiger partial charge in [-0.25, -0.2) is 0 Å². The molecule has 0 radical (unpaired) electrons. The first kappa shape index (κ1) is 13.5. The number of nitrogens with two attached hydrogens (primary N) is 1. The minimum Gasteiger partial charge on any atom is -0.350 e. The van der Waals surface area contributed by atoms with E-state index in [-0.39, 0.29) is 23.0 Å². The first-order valence-corrected chi connectivity index (χ1v) is 6.02. The predicted molar refractivity (Wildman–Crippen MR) is 66.1 cm³/mol. The summed E-state index contributed by atoms with van der Waals surface area (Å²) in [5, 5.41) is 3.06. The highest BCUT2D eigenvalue weighted by atomic mass is 16.2. The van der Waals surface area contributed by atoms with Crippen molar-refractivity contribution in [3.8, 4) is 0 Å². The average molecular weight is 227 g/mol. The van der Waals surface area contributed by atoms with Crippen LogP contribution in [-0.4, -0.2) is 41.0 Å². The molecular weight excluding hydrogens is 202 g/mol. The molecule has 0 spiro atoms. The number of carbonyl (C=O) groups excluding carboxylic acids is 1. The van der Waals surface area contributed by atoms with Gasteiger partial charge < -0.3 is 11.1 Å². The van der Waals surface area contributed by atoms with Crippen molar-refractivity contribution in [1.29, 1.82) is 0 Å². The Kier molecular flexibility index (Phi) is 3.65.